The Labute approximate surface area is 182 Å². The van der Waals surface area contributed by atoms with E-state index in [9.17, 15) is 9.59 Å². The molecule has 31 heavy (non-hydrogen) atoms. The smallest absolute Gasteiger partial charge is 0.408 e. The quantitative estimate of drug-likeness (QED) is 0.595. The molecule has 4 rings (SSSR count). The van der Waals surface area contributed by atoms with Gasteiger partial charge in [0.2, 0.25) is 5.91 Å². The first-order valence-corrected chi connectivity index (χ1v) is 11.3. The number of hydrogen-bond acceptors (Lipinski definition) is 4. The Balaban J connectivity index is 1.21. The molecule has 1 amide bonds. The van der Waals surface area contributed by atoms with Crippen molar-refractivity contribution in [3.05, 3.63) is 70.2 Å². The second-order valence-electron chi connectivity index (χ2n) is 8.50. The van der Waals surface area contributed by atoms with Gasteiger partial charge in [-0.3, -0.25) is 14.3 Å². The lowest BCUT2D eigenvalue weighted by molar-refractivity contribution is -0.121. The number of fused-ring (bicyclic) bond motifs is 1. The summed E-state index contributed by atoms with van der Waals surface area (Å²) in [6.45, 7) is 5.48. The topological polar surface area (TPSA) is 67.5 Å². The van der Waals surface area contributed by atoms with E-state index in [1.165, 1.54) is 31.4 Å². The van der Waals surface area contributed by atoms with E-state index in [0.717, 1.165) is 17.6 Å². The molecule has 6 heteroatoms. The molecule has 1 aliphatic heterocycles. The van der Waals surface area contributed by atoms with Gasteiger partial charge < -0.3 is 9.73 Å². The Morgan fingerprint density at radius 3 is 2.68 bits per heavy atom. The molecule has 0 aliphatic carbocycles. The fourth-order valence-corrected chi connectivity index (χ4v) is 4.30. The SMILES string of the molecule is CC1CCCCN1Cc1ccc(CNC(=O)CCCn2c(=O)oc3ccccc32)cc1. The number of aryl methyl sites for hydroxylation is 1. The maximum absolute atomic E-state index is 12.2. The van der Waals surface area contributed by atoms with Crippen LogP contribution in [-0.2, 0) is 24.4 Å². The average Bonchev–Trinajstić information content (AvgIpc) is 3.10. The predicted octanol–water partition coefficient (Wildman–Crippen LogP) is 4.07. The predicted molar refractivity (Wildman–Crippen MR) is 122 cm³/mol. The van der Waals surface area contributed by atoms with Crippen molar-refractivity contribution in [2.75, 3.05) is 6.54 Å². The molecule has 2 aromatic carbocycles. The van der Waals surface area contributed by atoms with Gasteiger partial charge in [0.15, 0.2) is 5.58 Å². The fraction of sp³-hybridized carbons (Fsp3) is 0.440. The molecule has 0 bridgehead atoms. The molecule has 1 N–H and O–H groups in total. The van der Waals surface area contributed by atoms with Gasteiger partial charge in [-0.05, 0) is 56.0 Å². The second-order valence-corrected chi connectivity index (χ2v) is 8.50. The number of aromatic nitrogens is 1. The van der Waals surface area contributed by atoms with Crippen LogP contribution in [-0.4, -0.2) is 28.0 Å². The maximum Gasteiger partial charge on any atom is 0.419 e. The summed E-state index contributed by atoms with van der Waals surface area (Å²) >= 11 is 0. The highest BCUT2D eigenvalue weighted by molar-refractivity contribution is 5.76. The lowest BCUT2D eigenvalue weighted by Crippen LogP contribution is -2.36. The number of oxazole rings is 1. The molecule has 2 heterocycles. The average molecular weight is 422 g/mol. The summed E-state index contributed by atoms with van der Waals surface area (Å²) < 4.78 is 6.82. The second kappa shape index (κ2) is 9.96. The third-order valence-electron chi connectivity index (χ3n) is 6.20. The molecular formula is C25H31N3O3. The van der Waals surface area contributed by atoms with Crippen molar-refractivity contribution in [1.29, 1.82) is 0 Å². The van der Waals surface area contributed by atoms with Gasteiger partial charge in [-0.25, -0.2) is 4.79 Å². The van der Waals surface area contributed by atoms with E-state index >= 15 is 0 Å². The molecule has 0 saturated carbocycles. The van der Waals surface area contributed by atoms with E-state index in [0.29, 0.717) is 37.6 Å². The zero-order chi connectivity index (χ0) is 21.6. The summed E-state index contributed by atoms with van der Waals surface area (Å²) in [4.78, 5) is 26.8. The number of carbonyl (C=O) groups excluding carboxylic acids is 1. The monoisotopic (exact) mass is 421 g/mol. The summed E-state index contributed by atoms with van der Waals surface area (Å²) in [5.74, 6) is -0.382. The van der Waals surface area contributed by atoms with Crippen LogP contribution in [0.4, 0.5) is 0 Å². The summed E-state index contributed by atoms with van der Waals surface area (Å²) in [7, 11) is 0. The van der Waals surface area contributed by atoms with Gasteiger partial charge >= 0.3 is 5.76 Å². The van der Waals surface area contributed by atoms with Crippen molar-refractivity contribution in [3.63, 3.8) is 0 Å². The Morgan fingerprint density at radius 2 is 1.87 bits per heavy atom. The van der Waals surface area contributed by atoms with Crippen molar-refractivity contribution in [2.24, 2.45) is 0 Å². The van der Waals surface area contributed by atoms with E-state index in [1.54, 1.807) is 10.6 Å². The van der Waals surface area contributed by atoms with Gasteiger partial charge in [0.1, 0.15) is 0 Å². The summed E-state index contributed by atoms with van der Waals surface area (Å²) in [5, 5.41) is 2.98. The minimum atomic E-state index is -0.374. The molecule has 1 aromatic heterocycles. The first-order chi connectivity index (χ1) is 15.1. The molecule has 1 fully saturated rings. The van der Waals surface area contributed by atoms with Crippen molar-refractivity contribution < 1.29 is 9.21 Å². The molecule has 3 aromatic rings. The van der Waals surface area contributed by atoms with Crippen LogP contribution < -0.4 is 11.1 Å². The van der Waals surface area contributed by atoms with Gasteiger partial charge in [0, 0.05) is 32.1 Å². The lowest BCUT2D eigenvalue weighted by atomic mass is 10.0. The number of nitrogens with zero attached hydrogens (tertiary/aromatic N) is 2. The number of amides is 1. The van der Waals surface area contributed by atoms with Crippen LogP contribution in [0.3, 0.4) is 0 Å². The third-order valence-corrected chi connectivity index (χ3v) is 6.20. The number of benzene rings is 2. The number of piperidine rings is 1. The van der Waals surface area contributed by atoms with Crippen LogP contribution in [0.5, 0.6) is 0 Å². The zero-order valence-electron chi connectivity index (χ0n) is 18.2. The molecule has 1 aliphatic rings. The standard InChI is InChI=1S/C25H31N3O3/c1-19-7-4-5-15-27(19)18-21-13-11-20(12-14-21)17-26-24(29)10-6-16-28-22-8-2-3-9-23(22)31-25(28)30/h2-3,8-9,11-14,19H,4-7,10,15-18H2,1H3,(H,26,29). The van der Waals surface area contributed by atoms with Gasteiger partial charge in [-0.1, -0.05) is 42.8 Å². The van der Waals surface area contributed by atoms with E-state index in [4.69, 9.17) is 4.42 Å². The van der Waals surface area contributed by atoms with Crippen molar-refractivity contribution in [2.45, 2.75) is 64.7 Å². The number of likely N-dealkylation sites (tertiary alicyclic amines) is 1. The molecule has 1 atom stereocenters. The van der Waals surface area contributed by atoms with E-state index in [2.05, 4.69) is 41.4 Å². The van der Waals surface area contributed by atoms with Crippen LogP contribution in [0, 0.1) is 0 Å². The highest BCUT2D eigenvalue weighted by Crippen LogP contribution is 2.19. The summed E-state index contributed by atoms with van der Waals surface area (Å²) in [5.41, 5.74) is 3.77. The third kappa shape index (κ3) is 5.44. The summed E-state index contributed by atoms with van der Waals surface area (Å²) in [6, 6.07) is 16.5. The molecule has 1 unspecified atom stereocenters. The number of para-hydroxylation sites is 2. The van der Waals surface area contributed by atoms with Gasteiger partial charge in [-0.15, -0.1) is 0 Å². The molecule has 0 spiro atoms. The van der Waals surface area contributed by atoms with Crippen LogP contribution >= 0.6 is 0 Å². The number of hydrogen-bond donors (Lipinski definition) is 1. The minimum Gasteiger partial charge on any atom is -0.408 e. The Morgan fingerprint density at radius 1 is 1.10 bits per heavy atom. The van der Waals surface area contributed by atoms with Gasteiger partial charge in [0.05, 0.1) is 5.52 Å². The first kappa shape index (κ1) is 21.4. The van der Waals surface area contributed by atoms with Crippen LogP contribution in [0.1, 0.15) is 50.2 Å². The van der Waals surface area contributed by atoms with E-state index in [-0.39, 0.29) is 11.7 Å². The molecular weight excluding hydrogens is 390 g/mol. The van der Waals surface area contributed by atoms with E-state index in [1.807, 2.05) is 18.2 Å². The largest absolute Gasteiger partial charge is 0.419 e. The molecule has 6 nitrogen and oxygen atoms in total. The van der Waals surface area contributed by atoms with E-state index < -0.39 is 0 Å². The van der Waals surface area contributed by atoms with Gasteiger partial charge in [0.25, 0.3) is 0 Å². The van der Waals surface area contributed by atoms with Crippen LogP contribution in [0.15, 0.2) is 57.7 Å². The van der Waals surface area contributed by atoms with Crippen molar-refractivity contribution >= 4 is 17.0 Å². The number of rotatable bonds is 8. The van der Waals surface area contributed by atoms with Crippen LogP contribution in [0.25, 0.3) is 11.1 Å². The number of nitrogens with one attached hydrogen (secondary N) is 1. The van der Waals surface area contributed by atoms with Crippen molar-refractivity contribution in [3.8, 4) is 0 Å². The molecule has 0 radical (unpaired) electrons. The highest BCUT2D eigenvalue weighted by atomic mass is 16.4. The Bertz CT molecular complexity index is 1070. The molecule has 1 saturated heterocycles. The van der Waals surface area contributed by atoms with Crippen LogP contribution in [0.2, 0.25) is 0 Å². The highest BCUT2D eigenvalue weighted by Gasteiger charge is 2.18. The Kier molecular flexibility index (Phi) is 6.87. The normalized spacial score (nSPS) is 17.1. The van der Waals surface area contributed by atoms with Crippen molar-refractivity contribution in [1.82, 2.24) is 14.8 Å². The maximum atomic E-state index is 12.2. The van der Waals surface area contributed by atoms with Gasteiger partial charge in [-0.2, -0.15) is 0 Å². The summed E-state index contributed by atoms with van der Waals surface area (Å²) in [6.07, 6.45) is 4.88. The minimum absolute atomic E-state index is 0.00734. The lowest BCUT2D eigenvalue weighted by Gasteiger charge is -2.33. The number of carbonyl (C=O) groups is 1. The fourth-order valence-electron chi connectivity index (χ4n) is 4.30. The molecule has 164 valence electrons. The zero-order valence-corrected chi connectivity index (χ0v) is 18.2. The first-order valence-electron chi connectivity index (χ1n) is 11.3. The Hall–Kier alpha value is -2.86.